The van der Waals surface area contributed by atoms with Crippen LogP contribution >= 0.6 is 0 Å². The number of hydrogen-bond acceptors (Lipinski definition) is 4. The zero-order valence-electron chi connectivity index (χ0n) is 8.53. The van der Waals surface area contributed by atoms with E-state index in [1.807, 2.05) is 13.8 Å². The fourth-order valence-electron chi connectivity index (χ4n) is 0.855. The smallest absolute Gasteiger partial charge is 0.225 e. The van der Waals surface area contributed by atoms with E-state index in [9.17, 15) is 4.39 Å². The summed E-state index contributed by atoms with van der Waals surface area (Å²) in [5.74, 6) is -0.0746. The van der Waals surface area contributed by atoms with E-state index in [0.717, 1.165) is 12.4 Å². The predicted molar refractivity (Wildman–Crippen MR) is 51.6 cm³/mol. The molecule has 1 N–H and O–H groups in total. The molecule has 0 bridgehead atoms. The molecule has 1 rings (SSSR count). The van der Waals surface area contributed by atoms with Crippen molar-refractivity contribution in [2.75, 3.05) is 18.6 Å². The first-order valence-corrected chi connectivity index (χ1v) is 4.29. The number of anilines is 1. The average Bonchev–Trinajstić information content (AvgIpc) is 2.18. The molecule has 0 atom stereocenters. The zero-order valence-corrected chi connectivity index (χ0v) is 8.53. The molecule has 0 aliphatic carbocycles. The monoisotopic (exact) mass is 199 g/mol. The van der Waals surface area contributed by atoms with Crippen LogP contribution in [0.25, 0.3) is 0 Å². The van der Waals surface area contributed by atoms with Gasteiger partial charge in [-0.2, -0.15) is 0 Å². The van der Waals surface area contributed by atoms with E-state index in [0.29, 0.717) is 5.95 Å². The second-order valence-electron chi connectivity index (χ2n) is 3.73. The van der Waals surface area contributed by atoms with Crippen molar-refractivity contribution in [1.29, 1.82) is 0 Å². The lowest BCUT2D eigenvalue weighted by atomic mass is 10.1. The number of aromatic nitrogens is 2. The Morgan fingerprint density at radius 3 is 2.36 bits per heavy atom. The minimum atomic E-state index is -0.469. The van der Waals surface area contributed by atoms with E-state index in [-0.39, 0.29) is 6.61 Å². The van der Waals surface area contributed by atoms with Crippen LogP contribution in [0, 0.1) is 5.82 Å². The third-order valence-electron chi connectivity index (χ3n) is 2.20. The Labute approximate surface area is 82.4 Å². The largest absolute Gasteiger partial charge is 0.394 e. The Kier molecular flexibility index (Phi) is 3.00. The summed E-state index contributed by atoms with van der Waals surface area (Å²) in [7, 11) is 1.75. The maximum Gasteiger partial charge on any atom is 0.225 e. The second kappa shape index (κ2) is 3.88. The van der Waals surface area contributed by atoms with E-state index in [4.69, 9.17) is 5.11 Å². The summed E-state index contributed by atoms with van der Waals surface area (Å²) in [6.07, 6.45) is 2.21. The summed E-state index contributed by atoms with van der Waals surface area (Å²) in [5, 5.41) is 9.11. The van der Waals surface area contributed by atoms with Crippen molar-refractivity contribution in [2.45, 2.75) is 19.4 Å². The lowest BCUT2D eigenvalue weighted by molar-refractivity contribution is 0.215. The summed E-state index contributed by atoms with van der Waals surface area (Å²) >= 11 is 0. The van der Waals surface area contributed by atoms with E-state index < -0.39 is 11.4 Å². The van der Waals surface area contributed by atoms with Crippen LogP contribution in [-0.2, 0) is 0 Å². The summed E-state index contributed by atoms with van der Waals surface area (Å²) in [5.41, 5.74) is -0.460. The standard InChI is InChI=1S/C9H14FN3O/c1-9(2,6-14)13(3)8-11-4-7(10)5-12-8/h4-5,14H,6H2,1-3H3. The Hall–Kier alpha value is -1.23. The molecule has 5 heteroatoms. The van der Waals surface area contributed by atoms with E-state index in [2.05, 4.69) is 9.97 Å². The Bertz CT molecular complexity index is 299. The van der Waals surface area contributed by atoms with Crippen molar-refractivity contribution in [1.82, 2.24) is 9.97 Å². The fourth-order valence-corrected chi connectivity index (χ4v) is 0.855. The van der Waals surface area contributed by atoms with Crippen molar-refractivity contribution in [3.8, 4) is 0 Å². The van der Waals surface area contributed by atoms with Gasteiger partial charge in [0.05, 0.1) is 24.5 Å². The number of halogens is 1. The minimum absolute atomic E-state index is 0.0236. The molecule has 0 radical (unpaired) electrons. The molecular formula is C9H14FN3O. The molecule has 1 aromatic rings. The molecule has 4 nitrogen and oxygen atoms in total. The molecule has 0 amide bonds. The highest BCUT2D eigenvalue weighted by Gasteiger charge is 2.24. The summed E-state index contributed by atoms with van der Waals surface area (Å²) in [4.78, 5) is 9.34. The van der Waals surface area contributed by atoms with Crippen LogP contribution in [0.5, 0.6) is 0 Å². The molecule has 0 unspecified atom stereocenters. The fraction of sp³-hybridized carbons (Fsp3) is 0.556. The van der Waals surface area contributed by atoms with Gasteiger partial charge in [0.15, 0.2) is 5.82 Å². The third-order valence-corrected chi connectivity index (χ3v) is 2.20. The molecule has 1 aromatic heterocycles. The molecule has 0 saturated carbocycles. The van der Waals surface area contributed by atoms with Crippen molar-refractivity contribution in [3.63, 3.8) is 0 Å². The van der Waals surface area contributed by atoms with Gasteiger partial charge in [0.2, 0.25) is 5.95 Å². The lowest BCUT2D eigenvalue weighted by Gasteiger charge is -2.33. The highest BCUT2D eigenvalue weighted by Crippen LogP contribution is 2.16. The van der Waals surface area contributed by atoms with Gasteiger partial charge >= 0.3 is 0 Å². The molecule has 14 heavy (non-hydrogen) atoms. The van der Waals surface area contributed by atoms with Gasteiger partial charge in [0, 0.05) is 7.05 Å². The Balaban J connectivity index is 2.89. The average molecular weight is 199 g/mol. The van der Waals surface area contributed by atoms with Gasteiger partial charge in [-0.1, -0.05) is 0 Å². The van der Waals surface area contributed by atoms with Crippen molar-refractivity contribution >= 4 is 5.95 Å². The molecular weight excluding hydrogens is 185 g/mol. The Morgan fingerprint density at radius 1 is 1.43 bits per heavy atom. The predicted octanol–water partition coefficient (Wildman–Crippen LogP) is 0.823. The highest BCUT2D eigenvalue weighted by molar-refractivity contribution is 5.31. The first-order valence-electron chi connectivity index (χ1n) is 4.29. The van der Waals surface area contributed by atoms with Gasteiger partial charge in [-0.05, 0) is 13.8 Å². The molecule has 0 aromatic carbocycles. The van der Waals surface area contributed by atoms with Gasteiger partial charge in [-0.3, -0.25) is 0 Å². The van der Waals surface area contributed by atoms with E-state index >= 15 is 0 Å². The second-order valence-corrected chi connectivity index (χ2v) is 3.73. The minimum Gasteiger partial charge on any atom is -0.394 e. The topological polar surface area (TPSA) is 49.2 Å². The summed E-state index contributed by atoms with van der Waals surface area (Å²) in [6.45, 7) is 3.67. The maximum absolute atomic E-state index is 12.5. The van der Waals surface area contributed by atoms with Crippen molar-refractivity contribution in [3.05, 3.63) is 18.2 Å². The van der Waals surface area contributed by atoms with Crippen molar-refractivity contribution in [2.24, 2.45) is 0 Å². The highest BCUT2D eigenvalue weighted by atomic mass is 19.1. The number of nitrogens with zero attached hydrogens (tertiary/aromatic N) is 3. The lowest BCUT2D eigenvalue weighted by Crippen LogP contribution is -2.45. The first kappa shape index (κ1) is 10.8. The number of rotatable bonds is 3. The van der Waals surface area contributed by atoms with Gasteiger partial charge in [-0.15, -0.1) is 0 Å². The SMILES string of the molecule is CN(c1ncc(F)cn1)C(C)(C)CO. The van der Waals surface area contributed by atoms with E-state index in [1.54, 1.807) is 11.9 Å². The Morgan fingerprint density at radius 2 is 1.93 bits per heavy atom. The molecule has 0 aliphatic heterocycles. The zero-order chi connectivity index (χ0) is 10.8. The molecule has 0 spiro atoms. The molecule has 0 saturated heterocycles. The number of aliphatic hydroxyl groups is 1. The van der Waals surface area contributed by atoms with Gasteiger partial charge < -0.3 is 10.0 Å². The quantitative estimate of drug-likeness (QED) is 0.783. The van der Waals surface area contributed by atoms with Crippen LogP contribution in [0.4, 0.5) is 10.3 Å². The normalized spacial score (nSPS) is 11.5. The van der Waals surface area contributed by atoms with Gasteiger partial charge in [0.1, 0.15) is 0 Å². The van der Waals surface area contributed by atoms with Crippen LogP contribution < -0.4 is 4.90 Å². The van der Waals surface area contributed by atoms with E-state index in [1.165, 1.54) is 0 Å². The molecule has 78 valence electrons. The van der Waals surface area contributed by atoms with Gasteiger partial charge in [-0.25, -0.2) is 14.4 Å². The van der Waals surface area contributed by atoms with Crippen LogP contribution in [-0.4, -0.2) is 34.3 Å². The first-order chi connectivity index (χ1) is 6.47. The maximum atomic E-state index is 12.5. The van der Waals surface area contributed by atoms with Crippen LogP contribution in [0.1, 0.15) is 13.8 Å². The summed E-state index contributed by atoms with van der Waals surface area (Å²) < 4.78 is 12.5. The van der Waals surface area contributed by atoms with Crippen molar-refractivity contribution < 1.29 is 9.50 Å². The van der Waals surface area contributed by atoms with Crippen LogP contribution in [0.2, 0.25) is 0 Å². The molecule has 0 fully saturated rings. The number of aliphatic hydroxyl groups excluding tert-OH is 1. The molecule has 1 heterocycles. The van der Waals surface area contributed by atoms with Crippen LogP contribution in [0.15, 0.2) is 12.4 Å². The number of hydrogen-bond donors (Lipinski definition) is 1. The summed E-state index contributed by atoms with van der Waals surface area (Å²) in [6, 6.07) is 0. The van der Waals surface area contributed by atoms with Crippen LogP contribution in [0.3, 0.4) is 0 Å². The third kappa shape index (κ3) is 2.17. The number of likely N-dealkylation sites (N-methyl/N-ethyl adjacent to an activating group) is 1. The van der Waals surface area contributed by atoms with Gasteiger partial charge in [0.25, 0.3) is 0 Å². The molecule has 0 aliphatic rings.